The highest BCUT2D eigenvalue weighted by molar-refractivity contribution is 6.31. The summed E-state index contributed by atoms with van der Waals surface area (Å²) in [4.78, 5) is 22.5. The van der Waals surface area contributed by atoms with E-state index >= 15 is 0 Å². The van der Waals surface area contributed by atoms with E-state index in [-0.39, 0.29) is 17.9 Å². The van der Waals surface area contributed by atoms with Crippen molar-refractivity contribution in [1.82, 2.24) is 0 Å². The summed E-state index contributed by atoms with van der Waals surface area (Å²) in [7, 11) is 0. The van der Waals surface area contributed by atoms with Crippen LogP contribution in [0.3, 0.4) is 0 Å². The molecule has 1 aromatic rings. The first-order valence-corrected chi connectivity index (χ1v) is 5.82. The van der Waals surface area contributed by atoms with Gasteiger partial charge in [0.15, 0.2) is 0 Å². The fraction of sp³-hybridized carbons (Fsp3) is 0.333. The van der Waals surface area contributed by atoms with Gasteiger partial charge in [-0.1, -0.05) is 18.5 Å². The van der Waals surface area contributed by atoms with Crippen LogP contribution in [0.2, 0.25) is 5.02 Å². The first-order chi connectivity index (χ1) is 8.54. The lowest BCUT2D eigenvalue weighted by molar-refractivity contribution is -0.120. The molecular weight excluding hydrogens is 258 g/mol. The van der Waals surface area contributed by atoms with Crippen LogP contribution in [-0.4, -0.2) is 30.2 Å². The van der Waals surface area contributed by atoms with E-state index in [1.807, 2.05) is 6.92 Å². The molecule has 6 heteroatoms. The molecule has 1 rings (SSSR count). The first kappa shape index (κ1) is 14.5. The Morgan fingerprint density at radius 1 is 1.44 bits per heavy atom. The van der Waals surface area contributed by atoms with Gasteiger partial charge in [-0.25, -0.2) is 4.79 Å². The second-order valence-electron chi connectivity index (χ2n) is 3.60. The van der Waals surface area contributed by atoms with Gasteiger partial charge in [-0.05, 0) is 24.6 Å². The van der Waals surface area contributed by atoms with Gasteiger partial charge in [-0.3, -0.25) is 4.79 Å². The molecule has 0 radical (unpaired) electrons. The van der Waals surface area contributed by atoms with E-state index in [0.717, 1.165) is 6.42 Å². The van der Waals surface area contributed by atoms with Gasteiger partial charge >= 0.3 is 5.97 Å². The number of anilines is 1. The molecule has 0 spiro atoms. The fourth-order valence-electron chi connectivity index (χ4n) is 1.30. The number of hydrogen-bond acceptors (Lipinski definition) is 3. The van der Waals surface area contributed by atoms with Gasteiger partial charge < -0.3 is 15.2 Å². The number of amides is 1. The maximum absolute atomic E-state index is 11.5. The Bertz CT molecular complexity index is 448. The van der Waals surface area contributed by atoms with E-state index in [0.29, 0.717) is 11.6 Å². The van der Waals surface area contributed by atoms with Crippen molar-refractivity contribution in [3.8, 4) is 0 Å². The lowest BCUT2D eigenvalue weighted by Gasteiger charge is -2.09. The van der Waals surface area contributed by atoms with Gasteiger partial charge in [0.1, 0.15) is 6.61 Å². The summed E-state index contributed by atoms with van der Waals surface area (Å²) in [6.45, 7) is 2.31. The van der Waals surface area contributed by atoms with Crippen molar-refractivity contribution in [2.24, 2.45) is 0 Å². The molecule has 18 heavy (non-hydrogen) atoms. The van der Waals surface area contributed by atoms with Crippen LogP contribution in [0.5, 0.6) is 0 Å². The van der Waals surface area contributed by atoms with E-state index in [1.54, 1.807) is 0 Å². The van der Waals surface area contributed by atoms with Crippen LogP contribution < -0.4 is 5.32 Å². The Kier molecular flexibility index (Phi) is 5.61. The highest BCUT2D eigenvalue weighted by Gasteiger charge is 2.13. The zero-order valence-corrected chi connectivity index (χ0v) is 10.7. The van der Waals surface area contributed by atoms with E-state index in [4.69, 9.17) is 21.4 Å². The van der Waals surface area contributed by atoms with E-state index < -0.39 is 11.9 Å². The second-order valence-corrected chi connectivity index (χ2v) is 4.03. The first-order valence-electron chi connectivity index (χ1n) is 5.45. The lowest BCUT2D eigenvalue weighted by Crippen LogP contribution is -2.20. The summed E-state index contributed by atoms with van der Waals surface area (Å²) in [5, 5.41) is 11.7. The number of rotatable bonds is 6. The predicted molar refractivity (Wildman–Crippen MR) is 68.2 cm³/mol. The summed E-state index contributed by atoms with van der Waals surface area (Å²) in [5.74, 6) is -1.55. The summed E-state index contributed by atoms with van der Waals surface area (Å²) >= 11 is 5.70. The zero-order chi connectivity index (χ0) is 13.5. The molecular formula is C12H14ClNO4. The Hall–Kier alpha value is -1.59. The smallest absolute Gasteiger partial charge is 0.337 e. The molecule has 0 aliphatic heterocycles. The summed E-state index contributed by atoms with van der Waals surface area (Å²) in [6, 6.07) is 4.24. The normalized spacial score (nSPS) is 10.1. The zero-order valence-electron chi connectivity index (χ0n) is 9.90. The molecule has 1 amide bonds. The number of benzene rings is 1. The third-order valence-corrected chi connectivity index (χ3v) is 2.30. The van der Waals surface area contributed by atoms with Crippen molar-refractivity contribution >= 4 is 29.2 Å². The average Bonchev–Trinajstić information content (AvgIpc) is 2.31. The molecule has 0 unspecified atom stereocenters. The van der Waals surface area contributed by atoms with Gasteiger partial charge in [0.2, 0.25) is 5.91 Å². The van der Waals surface area contributed by atoms with E-state index in [9.17, 15) is 9.59 Å². The largest absolute Gasteiger partial charge is 0.478 e. The van der Waals surface area contributed by atoms with Crippen molar-refractivity contribution in [1.29, 1.82) is 0 Å². The van der Waals surface area contributed by atoms with Crippen molar-refractivity contribution in [2.75, 3.05) is 18.5 Å². The third-order valence-electron chi connectivity index (χ3n) is 2.07. The summed E-state index contributed by atoms with van der Waals surface area (Å²) in [5.41, 5.74) is 0.156. The van der Waals surface area contributed by atoms with Gasteiger partial charge in [-0.15, -0.1) is 0 Å². The van der Waals surface area contributed by atoms with E-state index in [1.165, 1.54) is 18.2 Å². The highest BCUT2D eigenvalue weighted by atomic mass is 35.5. The maximum Gasteiger partial charge on any atom is 0.337 e. The molecule has 0 bridgehead atoms. The van der Waals surface area contributed by atoms with Gasteiger partial charge in [0.25, 0.3) is 0 Å². The average molecular weight is 272 g/mol. The Morgan fingerprint density at radius 3 is 2.78 bits per heavy atom. The molecule has 0 heterocycles. The van der Waals surface area contributed by atoms with Gasteiger partial charge in [0, 0.05) is 11.6 Å². The van der Waals surface area contributed by atoms with Crippen LogP contribution in [0, 0.1) is 0 Å². The fourth-order valence-corrected chi connectivity index (χ4v) is 1.47. The number of hydrogen-bond donors (Lipinski definition) is 2. The number of aromatic carboxylic acids is 1. The third kappa shape index (κ3) is 4.35. The number of carboxylic acid groups (broad SMARTS) is 1. The molecule has 0 saturated heterocycles. The topological polar surface area (TPSA) is 75.6 Å². The number of ether oxygens (including phenoxy) is 1. The van der Waals surface area contributed by atoms with Crippen molar-refractivity contribution in [2.45, 2.75) is 13.3 Å². The number of nitrogens with one attached hydrogen (secondary N) is 1. The van der Waals surface area contributed by atoms with E-state index in [2.05, 4.69) is 5.32 Å². The molecule has 0 aliphatic carbocycles. The Morgan fingerprint density at radius 2 is 2.17 bits per heavy atom. The Balaban J connectivity index is 2.72. The minimum Gasteiger partial charge on any atom is -0.478 e. The van der Waals surface area contributed by atoms with Gasteiger partial charge in [0.05, 0.1) is 11.3 Å². The number of carboxylic acids is 1. The number of halogens is 1. The molecule has 0 aromatic heterocycles. The summed E-state index contributed by atoms with van der Waals surface area (Å²) < 4.78 is 5.06. The molecule has 0 fully saturated rings. The van der Waals surface area contributed by atoms with Crippen LogP contribution >= 0.6 is 11.6 Å². The Labute approximate surface area is 110 Å². The SMILES string of the molecule is CCCOCC(=O)Nc1ccc(Cl)cc1C(=O)O. The van der Waals surface area contributed by atoms with Crippen LogP contribution in [0.25, 0.3) is 0 Å². The predicted octanol–water partition coefficient (Wildman–Crippen LogP) is 2.40. The van der Waals surface area contributed by atoms with Crippen molar-refractivity contribution < 1.29 is 19.4 Å². The number of carbonyl (C=O) groups excluding carboxylic acids is 1. The molecule has 0 saturated carbocycles. The summed E-state index contributed by atoms with van der Waals surface area (Å²) in [6.07, 6.45) is 0.814. The van der Waals surface area contributed by atoms with Crippen LogP contribution in [0.1, 0.15) is 23.7 Å². The standard InChI is InChI=1S/C12H14ClNO4/c1-2-5-18-7-11(15)14-10-4-3-8(13)6-9(10)12(16)17/h3-4,6H,2,5,7H2,1H3,(H,14,15)(H,16,17). The monoisotopic (exact) mass is 271 g/mol. The quantitative estimate of drug-likeness (QED) is 0.779. The minimum atomic E-state index is -1.15. The molecule has 0 atom stereocenters. The minimum absolute atomic E-state index is 0.0497. The molecule has 2 N–H and O–H groups in total. The van der Waals surface area contributed by atoms with Crippen LogP contribution in [0.15, 0.2) is 18.2 Å². The molecule has 98 valence electrons. The van der Waals surface area contributed by atoms with Crippen molar-refractivity contribution in [3.05, 3.63) is 28.8 Å². The van der Waals surface area contributed by atoms with Crippen LogP contribution in [-0.2, 0) is 9.53 Å². The van der Waals surface area contributed by atoms with Crippen molar-refractivity contribution in [3.63, 3.8) is 0 Å². The number of carbonyl (C=O) groups is 2. The maximum atomic E-state index is 11.5. The second kappa shape index (κ2) is 6.98. The molecule has 5 nitrogen and oxygen atoms in total. The molecule has 0 aliphatic rings. The molecule has 1 aromatic carbocycles. The lowest BCUT2D eigenvalue weighted by atomic mass is 10.2. The van der Waals surface area contributed by atoms with Gasteiger partial charge in [-0.2, -0.15) is 0 Å². The van der Waals surface area contributed by atoms with Crippen LogP contribution in [0.4, 0.5) is 5.69 Å². The highest BCUT2D eigenvalue weighted by Crippen LogP contribution is 2.20.